The lowest BCUT2D eigenvalue weighted by molar-refractivity contribution is -0.119. The summed E-state index contributed by atoms with van der Waals surface area (Å²) in [5.74, 6) is -0.0367. The van der Waals surface area contributed by atoms with Crippen molar-refractivity contribution in [2.24, 2.45) is 12.8 Å². The van der Waals surface area contributed by atoms with Crippen molar-refractivity contribution >= 4 is 5.78 Å². The SMILES string of the molecule is C=CCC(N)C(=O)Cc1cn(C)nn1. The van der Waals surface area contributed by atoms with Crippen LogP contribution in [-0.2, 0) is 18.3 Å². The van der Waals surface area contributed by atoms with Gasteiger partial charge in [-0.1, -0.05) is 11.3 Å². The lowest BCUT2D eigenvalue weighted by Crippen LogP contribution is -2.31. The minimum absolute atomic E-state index is 0.0367. The van der Waals surface area contributed by atoms with Gasteiger partial charge < -0.3 is 5.73 Å². The molecule has 1 heterocycles. The van der Waals surface area contributed by atoms with Crippen molar-refractivity contribution in [3.63, 3.8) is 0 Å². The van der Waals surface area contributed by atoms with Crippen molar-refractivity contribution in [2.45, 2.75) is 18.9 Å². The number of hydrogen-bond acceptors (Lipinski definition) is 4. The Morgan fingerprint density at radius 1 is 1.86 bits per heavy atom. The fourth-order valence-corrected chi connectivity index (χ4v) is 1.10. The molecular weight excluding hydrogens is 180 g/mol. The van der Waals surface area contributed by atoms with Crippen LogP contribution in [0.2, 0.25) is 0 Å². The van der Waals surface area contributed by atoms with Crippen molar-refractivity contribution in [1.29, 1.82) is 0 Å². The second-order valence-corrected chi connectivity index (χ2v) is 3.16. The van der Waals surface area contributed by atoms with E-state index in [-0.39, 0.29) is 12.2 Å². The molecule has 0 amide bonds. The highest BCUT2D eigenvalue weighted by Gasteiger charge is 2.13. The molecule has 0 bridgehead atoms. The number of rotatable bonds is 5. The lowest BCUT2D eigenvalue weighted by Gasteiger charge is -2.05. The molecular formula is C9H14N4O. The zero-order chi connectivity index (χ0) is 10.6. The van der Waals surface area contributed by atoms with Crippen molar-refractivity contribution < 1.29 is 4.79 Å². The quantitative estimate of drug-likeness (QED) is 0.660. The Hall–Kier alpha value is -1.49. The van der Waals surface area contributed by atoms with Crippen LogP contribution in [0.1, 0.15) is 12.1 Å². The van der Waals surface area contributed by atoms with Crippen LogP contribution in [0.15, 0.2) is 18.9 Å². The molecule has 1 aromatic rings. The predicted octanol–water partition coefficient (Wildman–Crippen LogP) is -0.170. The van der Waals surface area contributed by atoms with Gasteiger partial charge in [0.25, 0.3) is 0 Å². The van der Waals surface area contributed by atoms with Gasteiger partial charge >= 0.3 is 0 Å². The van der Waals surface area contributed by atoms with Crippen LogP contribution in [0.25, 0.3) is 0 Å². The van der Waals surface area contributed by atoms with E-state index in [1.807, 2.05) is 0 Å². The Bertz CT molecular complexity index is 331. The Morgan fingerprint density at radius 3 is 3.07 bits per heavy atom. The van der Waals surface area contributed by atoms with E-state index in [0.29, 0.717) is 12.1 Å². The van der Waals surface area contributed by atoms with Crippen LogP contribution in [0.3, 0.4) is 0 Å². The molecule has 1 aromatic heterocycles. The van der Waals surface area contributed by atoms with Gasteiger partial charge in [-0.15, -0.1) is 11.7 Å². The summed E-state index contributed by atoms with van der Waals surface area (Å²) in [6.07, 6.45) is 4.08. The summed E-state index contributed by atoms with van der Waals surface area (Å²) in [5.41, 5.74) is 6.26. The first-order valence-electron chi connectivity index (χ1n) is 4.38. The van der Waals surface area contributed by atoms with Gasteiger partial charge in [-0.2, -0.15) is 0 Å². The average molecular weight is 194 g/mol. The van der Waals surface area contributed by atoms with Gasteiger partial charge in [-0.05, 0) is 6.42 Å². The maximum absolute atomic E-state index is 11.5. The van der Waals surface area contributed by atoms with Crippen molar-refractivity contribution in [3.05, 3.63) is 24.5 Å². The third-order valence-corrected chi connectivity index (χ3v) is 1.84. The first kappa shape index (κ1) is 10.6. The molecule has 2 N–H and O–H groups in total. The van der Waals surface area contributed by atoms with Crippen LogP contribution in [0.5, 0.6) is 0 Å². The number of ketones is 1. The summed E-state index contributed by atoms with van der Waals surface area (Å²) in [6.45, 7) is 3.53. The molecule has 76 valence electrons. The van der Waals surface area contributed by atoms with E-state index in [0.717, 1.165) is 0 Å². The summed E-state index contributed by atoms with van der Waals surface area (Å²) in [7, 11) is 1.75. The molecule has 1 rings (SSSR count). The van der Waals surface area contributed by atoms with E-state index in [1.54, 1.807) is 24.0 Å². The summed E-state index contributed by atoms with van der Waals surface area (Å²) in [6, 6.07) is -0.477. The van der Waals surface area contributed by atoms with Gasteiger partial charge in [0, 0.05) is 13.2 Å². The van der Waals surface area contributed by atoms with Crippen LogP contribution < -0.4 is 5.73 Å². The summed E-state index contributed by atoms with van der Waals surface area (Å²) in [4.78, 5) is 11.5. The van der Waals surface area contributed by atoms with E-state index in [9.17, 15) is 4.79 Å². The topological polar surface area (TPSA) is 73.8 Å². The minimum atomic E-state index is -0.477. The largest absolute Gasteiger partial charge is 0.321 e. The molecule has 0 spiro atoms. The van der Waals surface area contributed by atoms with Gasteiger partial charge in [-0.25, -0.2) is 0 Å². The Kier molecular flexibility index (Phi) is 3.53. The molecule has 1 atom stereocenters. The van der Waals surface area contributed by atoms with Gasteiger partial charge in [0.05, 0.1) is 18.2 Å². The molecule has 14 heavy (non-hydrogen) atoms. The second kappa shape index (κ2) is 4.66. The van der Waals surface area contributed by atoms with E-state index < -0.39 is 6.04 Å². The smallest absolute Gasteiger partial charge is 0.155 e. The third kappa shape index (κ3) is 2.77. The Morgan fingerprint density at radius 2 is 2.57 bits per heavy atom. The van der Waals surface area contributed by atoms with E-state index in [1.165, 1.54) is 0 Å². The van der Waals surface area contributed by atoms with Crippen LogP contribution in [-0.4, -0.2) is 26.8 Å². The van der Waals surface area contributed by atoms with Crippen LogP contribution in [0.4, 0.5) is 0 Å². The number of aromatic nitrogens is 3. The highest BCUT2D eigenvalue weighted by molar-refractivity contribution is 5.85. The fraction of sp³-hybridized carbons (Fsp3) is 0.444. The predicted molar refractivity (Wildman–Crippen MR) is 52.5 cm³/mol. The van der Waals surface area contributed by atoms with Crippen molar-refractivity contribution in [1.82, 2.24) is 15.0 Å². The summed E-state index contributed by atoms with van der Waals surface area (Å²) >= 11 is 0. The number of aryl methyl sites for hydroxylation is 1. The average Bonchev–Trinajstić information content (AvgIpc) is 2.51. The Balaban J connectivity index is 2.52. The minimum Gasteiger partial charge on any atom is -0.321 e. The molecule has 0 aromatic carbocycles. The molecule has 1 unspecified atom stereocenters. The third-order valence-electron chi connectivity index (χ3n) is 1.84. The fourth-order valence-electron chi connectivity index (χ4n) is 1.10. The molecule has 0 saturated heterocycles. The van der Waals surface area contributed by atoms with Crippen molar-refractivity contribution in [2.75, 3.05) is 0 Å². The van der Waals surface area contributed by atoms with E-state index in [4.69, 9.17) is 5.73 Å². The summed E-state index contributed by atoms with van der Waals surface area (Å²) < 4.78 is 1.56. The number of hydrogen-bond donors (Lipinski definition) is 1. The number of Topliss-reactive ketones (excluding diaryl/α,β-unsaturated/α-hetero) is 1. The molecule has 0 aliphatic heterocycles. The molecule has 0 saturated carbocycles. The van der Waals surface area contributed by atoms with Gasteiger partial charge in [0.2, 0.25) is 0 Å². The molecule has 0 radical (unpaired) electrons. The first-order chi connectivity index (χ1) is 6.63. The molecule has 0 fully saturated rings. The van der Waals surface area contributed by atoms with Gasteiger partial charge in [0.15, 0.2) is 5.78 Å². The lowest BCUT2D eigenvalue weighted by atomic mass is 10.1. The second-order valence-electron chi connectivity index (χ2n) is 3.16. The standard InChI is InChI=1S/C9H14N4O/c1-3-4-8(10)9(14)5-7-6-13(2)12-11-7/h3,6,8H,1,4-5,10H2,2H3. The maximum atomic E-state index is 11.5. The number of carbonyl (C=O) groups excluding carboxylic acids is 1. The summed E-state index contributed by atoms with van der Waals surface area (Å²) in [5, 5.41) is 7.54. The monoisotopic (exact) mass is 194 g/mol. The highest BCUT2D eigenvalue weighted by Crippen LogP contribution is 1.99. The molecule has 5 nitrogen and oxygen atoms in total. The van der Waals surface area contributed by atoms with E-state index >= 15 is 0 Å². The first-order valence-corrected chi connectivity index (χ1v) is 4.38. The highest BCUT2D eigenvalue weighted by atomic mass is 16.1. The zero-order valence-electron chi connectivity index (χ0n) is 8.18. The van der Waals surface area contributed by atoms with Gasteiger partial charge in [-0.3, -0.25) is 9.48 Å². The Labute approximate surface area is 82.6 Å². The van der Waals surface area contributed by atoms with Crippen molar-refractivity contribution in [3.8, 4) is 0 Å². The number of nitrogens with two attached hydrogens (primary N) is 1. The van der Waals surface area contributed by atoms with E-state index in [2.05, 4.69) is 16.9 Å². The normalized spacial score (nSPS) is 12.4. The molecule has 5 heteroatoms. The molecule has 0 aliphatic rings. The zero-order valence-corrected chi connectivity index (χ0v) is 8.18. The van der Waals surface area contributed by atoms with Crippen LogP contribution in [0, 0.1) is 0 Å². The van der Waals surface area contributed by atoms with Gasteiger partial charge in [0.1, 0.15) is 0 Å². The maximum Gasteiger partial charge on any atom is 0.155 e. The number of nitrogens with zero attached hydrogens (tertiary/aromatic N) is 3. The molecule has 0 aliphatic carbocycles. The van der Waals surface area contributed by atoms with Crippen LogP contribution >= 0.6 is 0 Å². The number of carbonyl (C=O) groups is 1.